The molecule has 0 amide bonds. The van der Waals surface area contributed by atoms with Crippen LogP contribution >= 0.6 is 0 Å². The predicted octanol–water partition coefficient (Wildman–Crippen LogP) is 3.22. The molecule has 4 nitrogen and oxygen atoms in total. The Labute approximate surface area is 132 Å². The third-order valence-corrected chi connectivity index (χ3v) is 4.57. The molecule has 0 unspecified atom stereocenters. The van der Waals surface area contributed by atoms with Gasteiger partial charge < -0.3 is 9.47 Å². The number of aryl methyl sites for hydroxylation is 1. The van der Waals surface area contributed by atoms with Crippen molar-refractivity contribution in [1.29, 1.82) is 0 Å². The van der Waals surface area contributed by atoms with Crippen molar-refractivity contribution in [2.45, 2.75) is 26.7 Å². The van der Waals surface area contributed by atoms with E-state index in [4.69, 9.17) is 9.47 Å². The lowest BCUT2D eigenvalue weighted by Gasteiger charge is -2.26. The summed E-state index contributed by atoms with van der Waals surface area (Å²) in [6.45, 7) is 6.67. The zero-order valence-corrected chi connectivity index (χ0v) is 13.9. The van der Waals surface area contributed by atoms with Crippen molar-refractivity contribution < 1.29 is 14.5 Å². The summed E-state index contributed by atoms with van der Waals surface area (Å²) in [6, 6.07) is 6.15. The molecule has 2 heterocycles. The van der Waals surface area contributed by atoms with Crippen molar-refractivity contribution >= 4 is 16.7 Å². The fourth-order valence-corrected chi connectivity index (χ4v) is 3.44. The quantitative estimate of drug-likeness (QED) is 0.873. The van der Waals surface area contributed by atoms with E-state index in [1.807, 2.05) is 12.1 Å². The number of anilines is 1. The molecular weight excluding hydrogens is 276 g/mol. The van der Waals surface area contributed by atoms with Gasteiger partial charge in [-0.2, -0.15) is 0 Å². The summed E-state index contributed by atoms with van der Waals surface area (Å²) in [6.07, 6.45) is 2.57. The minimum Gasteiger partial charge on any atom is -0.496 e. The maximum Gasteiger partial charge on any atom is 0.275 e. The first-order chi connectivity index (χ1) is 10.6. The molecule has 0 bridgehead atoms. The molecule has 2 aromatic rings. The van der Waals surface area contributed by atoms with E-state index in [-0.39, 0.29) is 0 Å². The lowest BCUT2D eigenvalue weighted by Crippen LogP contribution is -2.37. The number of rotatable bonds is 3. The van der Waals surface area contributed by atoms with Crippen molar-refractivity contribution in [3.05, 3.63) is 23.8 Å². The summed E-state index contributed by atoms with van der Waals surface area (Å²) >= 11 is 0. The van der Waals surface area contributed by atoms with E-state index < -0.39 is 0 Å². The molecule has 118 valence electrons. The molecule has 1 aliphatic heterocycles. The fourth-order valence-electron chi connectivity index (χ4n) is 3.44. The number of fused-ring (bicyclic) bond motifs is 1. The van der Waals surface area contributed by atoms with Gasteiger partial charge in [-0.1, -0.05) is 6.92 Å². The number of piperidine rings is 1. The Balaban J connectivity index is 2.14. The zero-order chi connectivity index (χ0) is 15.7. The number of benzene rings is 1. The molecule has 3 rings (SSSR count). The minimum atomic E-state index is 0.741. The van der Waals surface area contributed by atoms with Crippen molar-refractivity contribution in [3.63, 3.8) is 0 Å². The second-order valence-electron chi connectivity index (χ2n) is 6.25. The summed E-state index contributed by atoms with van der Waals surface area (Å²) in [4.78, 5) is 6.02. The topological polar surface area (TPSA) is 35.8 Å². The van der Waals surface area contributed by atoms with Gasteiger partial charge in [0, 0.05) is 6.07 Å². The first kappa shape index (κ1) is 14.9. The van der Waals surface area contributed by atoms with Crippen LogP contribution in [-0.4, -0.2) is 27.3 Å². The SMILES string of the molecule is COc1ccc(OC)c2c(C)cc(N3CCC[C@H](C)C3)[nH+]c12. The van der Waals surface area contributed by atoms with E-state index in [1.54, 1.807) is 14.2 Å². The maximum atomic E-state index is 5.54. The van der Waals surface area contributed by atoms with Crippen molar-refractivity contribution in [1.82, 2.24) is 0 Å². The van der Waals surface area contributed by atoms with Crippen LogP contribution in [0.3, 0.4) is 0 Å². The molecule has 0 saturated carbocycles. The van der Waals surface area contributed by atoms with Crippen LogP contribution in [0, 0.1) is 12.8 Å². The second kappa shape index (κ2) is 6.03. The number of nitrogens with zero attached hydrogens (tertiary/aromatic N) is 1. The number of nitrogens with one attached hydrogen (secondary N) is 1. The standard InChI is InChI=1S/C18H24N2O2/c1-12-6-5-9-20(11-12)16-10-13(2)17-14(21-3)7-8-15(22-4)18(17)19-16/h7-8,10,12H,5-6,9,11H2,1-4H3/p+1/t12-/m0/s1. The van der Waals surface area contributed by atoms with E-state index in [0.29, 0.717) is 0 Å². The van der Waals surface area contributed by atoms with Crippen LogP contribution in [0.25, 0.3) is 10.9 Å². The molecule has 1 aliphatic rings. The highest BCUT2D eigenvalue weighted by Gasteiger charge is 2.25. The summed E-state index contributed by atoms with van der Waals surface area (Å²) in [5.74, 6) is 3.64. The fraction of sp³-hybridized carbons (Fsp3) is 0.500. The van der Waals surface area contributed by atoms with Crippen LogP contribution < -0.4 is 19.4 Å². The normalized spacial score (nSPS) is 18.5. The highest BCUT2D eigenvalue weighted by atomic mass is 16.5. The van der Waals surface area contributed by atoms with E-state index in [9.17, 15) is 0 Å². The van der Waals surface area contributed by atoms with Gasteiger partial charge >= 0.3 is 0 Å². The van der Waals surface area contributed by atoms with E-state index in [1.165, 1.54) is 24.2 Å². The summed E-state index contributed by atoms with van der Waals surface area (Å²) in [5, 5.41) is 1.09. The number of H-pyrrole nitrogens is 1. The van der Waals surface area contributed by atoms with Gasteiger partial charge in [0.05, 0.1) is 32.7 Å². The number of pyridine rings is 1. The highest BCUT2D eigenvalue weighted by molar-refractivity contribution is 5.91. The van der Waals surface area contributed by atoms with Gasteiger partial charge in [-0.25, -0.2) is 4.98 Å². The summed E-state index contributed by atoms with van der Waals surface area (Å²) in [7, 11) is 3.42. The number of hydrogen-bond donors (Lipinski definition) is 0. The van der Waals surface area contributed by atoms with Gasteiger partial charge in [0.2, 0.25) is 0 Å². The average Bonchev–Trinajstić information content (AvgIpc) is 2.53. The zero-order valence-electron chi connectivity index (χ0n) is 13.9. The molecule has 1 aromatic carbocycles. The molecule has 0 radical (unpaired) electrons. The minimum absolute atomic E-state index is 0.741. The van der Waals surface area contributed by atoms with E-state index in [0.717, 1.165) is 41.4 Å². The van der Waals surface area contributed by atoms with Crippen molar-refractivity contribution in [3.8, 4) is 11.5 Å². The van der Waals surface area contributed by atoms with E-state index in [2.05, 4.69) is 29.8 Å². The molecule has 1 N–H and O–H groups in total. The average molecular weight is 301 g/mol. The smallest absolute Gasteiger partial charge is 0.275 e. The number of methoxy groups -OCH3 is 2. The third kappa shape index (κ3) is 2.58. The number of aromatic amines is 1. The Morgan fingerprint density at radius 2 is 1.91 bits per heavy atom. The molecule has 22 heavy (non-hydrogen) atoms. The molecule has 1 fully saturated rings. The summed E-state index contributed by atoms with van der Waals surface area (Å²) < 4.78 is 11.1. The Kier molecular flexibility index (Phi) is 4.10. The predicted molar refractivity (Wildman–Crippen MR) is 89.0 cm³/mol. The van der Waals surface area contributed by atoms with Crippen LogP contribution in [0.15, 0.2) is 18.2 Å². The maximum absolute atomic E-state index is 5.54. The van der Waals surface area contributed by atoms with Crippen LogP contribution in [-0.2, 0) is 0 Å². The van der Waals surface area contributed by atoms with Crippen LogP contribution in [0.2, 0.25) is 0 Å². The Hall–Kier alpha value is -1.97. The molecule has 0 spiro atoms. The highest BCUT2D eigenvalue weighted by Crippen LogP contribution is 2.34. The second-order valence-corrected chi connectivity index (χ2v) is 6.25. The Bertz CT molecular complexity index is 684. The van der Waals surface area contributed by atoms with Crippen LogP contribution in [0.5, 0.6) is 11.5 Å². The Morgan fingerprint density at radius 3 is 2.59 bits per heavy atom. The van der Waals surface area contributed by atoms with E-state index >= 15 is 0 Å². The van der Waals surface area contributed by atoms with Gasteiger partial charge in [0.25, 0.3) is 5.82 Å². The number of aromatic nitrogens is 1. The Morgan fingerprint density at radius 1 is 1.18 bits per heavy atom. The largest absolute Gasteiger partial charge is 0.496 e. The molecule has 1 atom stereocenters. The third-order valence-electron chi connectivity index (χ3n) is 4.57. The number of hydrogen-bond acceptors (Lipinski definition) is 3. The molecule has 4 heteroatoms. The molecule has 1 aromatic heterocycles. The monoisotopic (exact) mass is 301 g/mol. The van der Waals surface area contributed by atoms with Gasteiger partial charge in [0.15, 0.2) is 11.3 Å². The molecular formula is C18H25N2O2+. The van der Waals surface area contributed by atoms with Crippen molar-refractivity contribution in [2.24, 2.45) is 5.92 Å². The first-order valence-electron chi connectivity index (χ1n) is 7.96. The van der Waals surface area contributed by atoms with Crippen molar-refractivity contribution in [2.75, 3.05) is 32.2 Å². The van der Waals surface area contributed by atoms with Crippen LogP contribution in [0.1, 0.15) is 25.3 Å². The van der Waals surface area contributed by atoms with Gasteiger partial charge in [-0.05, 0) is 43.4 Å². The molecule has 1 saturated heterocycles. The van der Waals surface area contributed by atoms with Gasteiger partial charge in [-0.15, -0.1) is 0 Å². The number of ether oxygens (including phenoxy) is 2. The van der Waals surface area contributed by atoms with Crippen LogP contribution in [0.4, 0.5) is 5.82 Å². The lowest BCUT2D eigenvalue weighted by molar-refractivity contribution is -0.331. The molecule has 0 aliphatic carbocycles. The lowest BCUT2D eigenvalue weighted by atomic mass is 10.00. The van der Waals surface area contributed by atoms with Gasteiger partial charge in [-0.3, -0.25) is 4.90 Å². The van der Waals surface area contributed by atoms with Gasteiger partial charge in [0.1, 0.15) is 5.75 Å². The first-order valence-corrected chi connectivity index (χ1v) is 7.96. The summed E-state index contributed by atoms with van der Waals surface area (Å²) in [5.41, 5.74) is 2.22.